The minimum absolute atomic E-state index is 0.0614. The number of rotatable bonds is 6. The topological polar surface area (TPSA) is 61.4 Å². The van der Waals surface area contributed by atoms with E-state index in [1.54, 1.807) is 0 Å². The van der Waals surface area contributed by atoms with Gasteiger partial charge in [0.2, 0.25) is 5.91 Å². The zero-order valence-corrected chi connectivity index (χ0v) is 12.3. The highest BCUT2D eigenvalue weighted by atomic mass is 16.3. The molecule has 0 aliphatic carbocycles. The maximum atomic E-state index is 12.2. The van der Waals surface area contributed by atoms with Crippen LogP contribution in [-0.2, 0) is 4.79 Å². The minimum Gasteiger partial charge on any atom is -0.396 e. The molecule has 2 atom stereocenters. The summed E-state index contributed by atoms with van der Waals surface area (Å²) in [7, 11) is 0. The van der Waals surface area contributed by atoms with Crippen LogP contribution in [0.4, 0.5) is 5.69 Å². The minimum atomic E-state index is -0.308. The Morgan fingerprint density at radius 1 is 1.50 bits per heavy atom. The van der Waals surface area contributed by atoms with Crippen molar-refractivity contribution in [3.05, 3.63) is 29.8 Å². The third kappa shape index (κ3) is 3.31. The van der Waals surface area contributed by atoms with E-state index in [1.165, 1.54) is 5.56 Å². The number of aliphatic hydroxyl groups excluding tert-OH is 1. The first-order valence-electron chi connectivity index (χ1n) is 7.32. The molecule has 1 aliphatic heterocycles. The summed E-state index contributed by atoms with van der Waals surface area (Å²) in [6, 6.07) is 8.15. The van der Waals surface area contributed by atoms with Gasteiger partial charge in [0, 0.05) is 36.7 Å². The molecule has 2 unspecified atom stereocenters. The number of carbonyl (C=O) groups excluding carboxylic acids is 1. The van der Waals surface area contributed by atoms with Crippen molar-refractivity contribution >= 4 is 11.6 Å². The fraction of sp³-hybridized carbons (Fsp3) is 0.562. The van der Waals surface area contributed by atoms with E-state index in [0.29, 0.717) is 12.8 Å². The maximum Gasteiger partial charge on any atom is 0.221 e. The van der Waals surface area contributed by atoms with Crippen molar-refractivity contribution in [3.63, 3.8) is 0 Å². The molecule has 1 heterocycles. The summed E-state index contributed by atoms with van der Waals surface area (Å²) < 4.78 is 0. The molecule has 0 aromatic heterocycles. The molecule has 0 bridgehead atoms. The van der Waals surface area contributed by atoms with E-state index in [2.05, 4.69) is 22.8 Å². The largest absolute Gasteiger partial charge is 0.396 e. The number of hydrogen-bond acceptors (Lipinski definition) is 3. The molecular weight excluding hydrogens is 252 g/mol. The molecular formula is C16H24N2O2. The highest BCUT2D eigenvalue weighted by Gasteiger charge is 2.28. The van der Waals surface area contributed by atoms with Gasteiger partial charge >= 0.3 is 0 Å². The van der Waals surface area contributed by atoms with E-state index in [1.807, 2.05) is 26.0 Å². The second-order valence-electron chi connectivity index (χ2n) is 5.81. The first kappa shape index (κ1) is 14.9. The van der Waals surface area contributed by atoms with Crippen LogP contribution in [0.3, 0.4) is 0 Å². The highest BCUT2D eigenvalue weighted by molar-refractivity contribution is 5.78. The molecule has 1 aromatic carbocycles. The van der Waals surface area contributed by atoms with Crippen molar-refractivity contribution in [1.29, 1.82) is 0 Å². The summed E-state index contributed by atoms with van der Waals surface area (Å²) in [5, 5.41) is 15.5. The van der Waals surface area contributed by atoms with E-state index in [4.69, 9.17) is 5.11 Å². The third-order valence-corrected chi connectivity index (χ3v) is 4.26. The number of para-hydroxylation sites is 1. The fourth-order valence-corrected chi connectivity index (χ4v) is 2.73. The molecule has 1 aromatic rings. The smallest absolute Gasteiger partial charge is 0.221 e. The van der Waals surface area contributed by atoms with Crippen molar-refractivity contribution in [2.24, 2.45) is 0 Å². The number of benzene rings is 1. The lowest BCUT2D eigenvalue weighted by Crippen LogP contribution is -2.46. The van der Waals surface area contributed by atoms with Crippen molar-refractivity contribution in [2.45, 2.75) is 44.6 Å². The molecule has 110 valence electrons. The van der Waals surface area contributed by atoms with Gasteiger partial charge in [0.25, 0.3) is 0 Å². The van der Waals surface area contributed by atoms with Crippen LogP contribution in [0.25, 0.3) is 0 Å². The van der Waals surface area contributed by atoms with E-state index < -0.39 is 0 Å². The third-order valence-electron chi connectivity index (χ3n) is 4.26. The van der Waals surface area contributed by atoms with Gasteiger partial charge in [-0.05, 0) is 31.4 Å². The van der Waals surface area contributed by atoms with Crippen LogP contribution in [0.2, 0.25) is 0 Å². The molecule has 0 fully saturated rings. The van der Waals surface area contributed by atoms with Gasteiger partial charge in [-0.3, -0.25) is 4.79 Å². The van der Waals surface area contributed by atoms with Crippen LogP contribution in [0.1, 0.15) is 44.6 Å². The SMILES string of the molecule is CCC(C)(CCO)NC(=O)CC1CNc2ccccc21. The number of amides is 1. The summed E-state index contributed by atoms with van der Waals surface area (Å²) in [6.07, 6.45) is 1.90. The zero-order valence-electron chi connectivity index (χ0n) is 12.3. The van der Waals surface area contributed by atoms with Crippen molar-refractivity contribution < 1.29 is 9.90 Å². The Hall–Kier alpha value is -1.55. The summed E-state index contributed by atoms with van der Waals surface area (Å²) in [4.78, 5) is 12.2. The average molecular weight is 276 g/mol. The Morgan fingerprint density at radius 2 is 2.25 bits per heavy atom. The highest BCUT2D eigenvalue weighted by Crippen LogP contribution is 2.33. The van der Waals surface area contributed by atoms with Crippen LogP contribution in [-0.4, -0.2) is 29.7 Å². The monoisotopic (exact) mass is 276 g/mol. The number of aliphatic hydroxyl groups is 1. The summed E-state index contributed by atoms with van der Waals surface area (Å²) in [5.74, 6) is 0.299. The van der Waals surface area contributed by atoms with E-state index >= 15 is 0 Å². The summed E-state index contributed by atoms with van der Waals surface area (Å²) in [5.41, 5.74) is 2.05. The lowest BCUT2D eigenvalue weighted by atomic mass is 9.93. The molecule has 3 N–H and O–H groups in total. The Bertz CT molecular complexity index is 475. The number of nitrogens with one attached hydrogen (secondary N) is 2. The second-order valence-corrected chi connectivity index (χ2v) is 5.81. The molecule has 0 spiro atoms. The van der Waals surface area contributed by atoms with Crippen molar-refractivity contribution in [1.82, 2.24) is 5.32 Å². The Kier molecular flexibility index (Phi) is 4.65. The molecule has 0 saturated carbocycles. The lowest BCUT2D eigenvalue weighted by Gasteiger charge is -2.29. The predicted molar refractivity (Wildman–Crippen MR) is 80.8 cm³/mol. The van der Waals surface area contributed by atoms with Gasteiger partial charge in [0.1, 0.15) is 0 Å². The van der Waals surface area contributed by atoms with E-state index in [9.17, 15) is 4.79 Å². The van der Waals surface area contributed by atoms with Crippen LogP contribution >= 0.6 is 0 Å². The number of carbonyl (C=O) groups is 1. The Labute approximate surface area is 120 Å². The maximum absolute atomic E-state index is 12.2. The van der Waals surface area contributed by atoms with Crippen LogP contribution < -0.4 is 10.6 Å². The van der Waals surface area contributed by atoms with Crippen LogP contribution in [0, 0.1) is 0 Å². The van der Waals surface area contributed by atoms with Gasteiger partial charge < -0.3 is 15.7 Å². The van der Waals surface area contributed by atoms with Crippen LogP contribution in [0.5, 0.6) is 0 Å². The van der Waals surface area contributed by atoms with Gasteiger partial charge in [-0.1, -0.05) is 25.1 Å². The van der Waals surface area contributed by atoms with Gasteiger partial charge in [-0.15, -0.1) is 0 Å². The van der Waals surface area contributed by atoms with Gasteiger partial charge in [-0.25, -0.2) is 0 Å². The quantitative estimate of drug-likeness (QED) is 0.747. The Balaban J connectivity index is 1.96. The zero-order chi connectivity index (χ0) is 14.6. The van der Waals surface area contributed by atoms with Gasteiger partial charge in [0.15, 0.2) is 0 Å². The number of fused-ring (bicyclic) bond motifs is 1. The fourth-order valence-electron chi connectivity index (χ4n) is 2.73. The van der Waals surface area contributed by atoms with Gasteiger partial charge in [0.05, 0.1) is 0 Å². The normalized spacial score (nSPS) is 19.9. The van der Waals surface area contributed by atoms with E-state index in [0.717, 1.165) is 18.7 Å². The molecule has 0 radical (unpaired) electrons. The van der Waals surface area contributed by atoms with Crippen LogP contribution in [0.15, 0.2) is 24.3 Å². The molecule has 20 heavy (non-hydrogen) atoms. The molecule has 4 nitrogen and oxygen atoms in total. The molecule has 4 heteroatoms. The number of hydrogen-bond donors (Lipinski definition) is 3. The molecule has 2 rings (SSSR count). The first-order valence-corrected chi connectivity index (χ1v) is 7.32. The summed E-state index contributed by atoms with van der Waals surface area (Å²) >= 11 is 0. The second kappa shape index (κ2) is 6.27. The predicted octanol–water partition coefficient (Wildman–Crippen LogP) is 2.25. The molecule has 1 aliphatic rings. The molecule has 0 saturated heterocycles. The Morgan fingerprint density at radius 3 is 2.95 bits per heavy atom. The average Bonchev–Trinajstić information content (AvgIpc) is 2.82. The van der Waals surface area contributed by atoms with E-state index in [-0.39, 0.29) is 24.0 Å². The standard InChI is InChI=1S/C16H24N2O2/c1-3-16(2,8-9-19)18-15(20)10-12-11-17-14-7-5-4-6-13(12)14/h4-7,12,17,19H,3,8-11H2,1-2H3,(H,18,20). The van der Waals surface area contributed by atoms with Crippen molar-refractivity contribution in [2.75, 3.05) is 18.5 Å². The molecule has 1 amide bonds. The van der Waals surface area contributed by atoms with Crippen molar-refractivity contribution in [3.8, 4) is 0 Å². The lowest BCUT2D eigenvalue weighted by molar-refractivity contribution is -0.123. The van der Waals surface area contributed by atoms with Gasteiger partial charge in [-0.2, -0.15) is 0 Å². The summed E-state index contributed by atoms with van der Waals surface area (Å²) in [6.45, 7) is 4.93. The number of anilines is 1. The first-order chi connectivity index (χ1) is 9.58.